The van der Waals surface area contributed by atoms with E-state index in [4.69, 9.17) is 14.5 Å². The van der Waals surface area contributed by atoms with Crippen LogP contribution in [0.5, 0.6) is 0 Å². The van der Waals surface area contributed by atoms with Crippen molar-refractivity contribution in [2.75, 3.05) is 61.1 Å². The lowest BCUT2D eigenvalue weighted by molar-refractivity contribution is -0.120. The first-order valence-electron chi connectivity index (χ1n) is 20.2. The van der Waals surface area contributed by atoms with Crippen LogP contribution in [0.1, 0.15) is 85.4 Å². The Balaban J connectivity index is 0.734. The highest BCUT2D eigenvalue weighted by Crippen LogP contribution is 2.36. The molecule has 17 heteroatoms. The molecular formula is C41H46F2N10O5. The maximum absolute atomic E-state index is 14.2. The Labute approximate surface area is 334 Å². The summed E-state index contributed by atoms with van der Waals surface area (Å²) >= 11 is 0. The molecule has 4 aromatic rings. The number of halogens is 2. The Hall–Kier alpha value is -5.44. The van der Waals surface area contributed by atoms with E-state index >= 15 is 0 Å². The zero-order valence-electron chi connectivity index (χ0n) is 32.1. The molecule has 3 aromatic heterocycles. The second-order valence-electron chi connectivity index (χ2n) is 15.9. The van der Waals surface area contributed by atoms with Crippen molar-refractivity contribution in [3.63, 3.8) is 0 Å². The van der Waals surface area contributed by atoms with Gasteiger partial charge in [0.15, 0.2) is 11.3 Å². The molecule has 0 spiro atoms. The van der Waals surface area contributed by atoms with E-state index < -0.39 is 24.1 Å². The average Bonchev–Trinajstić information content (AvgIpc) is 4.05. The molecule has 4 saturated heterocycles. The van der Waals surface area contributed by atoms with Gasteiger partial charge >= 0.3 is 6.03 Å². The lowest BCUT2D eigenvalue weighted by Crippen LogP contribution is -2.49. The summed E-state index contributed by atoms with van der Waals surface area (Å²) < 4.78 is 43.4. The van der Waals surface area contributed by atoms with Crippen LogP contribution in [0.25, 0.3) is 5.65 Å². The fourth-order valence-electron chi connectivity index (χ4n) is 8.97. The highest BCUT2D eigenvalue weighted by molar-refractivity contribution is 6.08. The number of likely N-dealkylation sites (tertiary alicyclic amines) is 1. The number of nitrogens with zero attached hydrogens (tertiary/aromatic N) is 8. The van der Waals surface area contributed by atoms with Crippen LogP contribution in [-0.4, -0.2) is 111 Å². The summed E-state index contributed by atoms with van der Waals surface area (Å²) in [7, 11) is 0. The number of benzene rings is 1. The minimum absolute atomic E-state index is 0.000108. The quantitative estimate of drug-likeness (QED) is 0.214. The van der Waals surface area contributed by atoms with Crippen LogP contribution in [-0.2, 0) is 14.3 Å². The maximum Gasteiger partial charge on any atom is 0.328 e. The predicted molar refractivity (Wildman–Crippen MR) is 209 cm³/mol. The van der Waals surface area contributed by atoms with Crippen molar-refractivity contribution in [3.8, 4) is 11.8 Å². The molecule has 58 heavy (non-hydrogen) atoms. The van der Waals surface area contributed by atoms with Crippen molar-refractivity contribution in [2.24, 2.45) is 5.92 Å². The van der Waals surface area contributed by atoms with Gasteiger partial charge in [0, 0.05) is 62.8 Å². The van der Waals surface area contributed by atoms with Crippen molar-refractivity contribution in [1.82, 2.24) is 34.6 Å². The lowest BCUT2D eigenvalue weighted by atomic mass is 9.85. The summed E-state index contributed by atoms with van der Waals surface area (Å²) in [6, 6.07) is 9.06. The summed E-state index contributed by atoms with van der Waals surface area (Å²) in [5.74, 6) is 6.64. The Kier molecular flexibility index (Phi) is 10.8. The number of anilines is 3. The highest BCUT2D eigenvalue weighted by atomic mass is 19.3. The number of rotatable bonds is 10. The van der Waals surface area contributed by atoms with Gasteiger partial charge in [0.1, 0.15) is 18.0 Å². The third-order valence-corrected chi connectivity index (χ3v) is 12.1. The summed E-state index contributed by atoms with van der Waals surface area (Å²) in [5.41, 5.74) is 1.59. The minimum Gasteiger partial charge on any atom is -0.374 e. The molecule has 0 radical (unpaired) electrons. The van der Waals surface area contributed by atoms with E-state index in [1.165, 1.54) is 10.7 Å². The monoisotopic (exact) mass is 796 g/mol. The fraction of sp³-hybridized carbons (Fsp3) is 0.512. The van der Waals surface area contributed by atoms with Gasteiger partial charge in [-0.25, -0.2) is 23.1 Å². The fourth-order valence-corrected chi connectivity index (χ4v) is 8.97. The molecular weight excluding hydrogens is 751 g/mol. The van der Waals surface area contributed by atoms with E-state index in [1.807, 2.05) is 30.3 Å². The Morgan fingerprint density at radius 3 is 2.67 bits per heavy atom. The summed E-state index contributed by atoms with van der Waals surface area (Å²) in [4.78, 5) is 48.1. The number of nitrogens with one attached hydrogen (secondary N) is 2. The van der Waals surface area contributed by atoms with E-state index in [0.717, 1.165) is 82.5 Å². The van der Waals surface area contributed by atoms with Crippen LogP contribution in [0.2, 0.25) is 0 Å². The molecule has 304 valence electrons. The molecule has 1 aliphatic carbocycles. The van der Waals surface area contributed by atoms with Crippen molar-refractivity contribution >= 4 is 40.7 Å². The van der Waals surface area contributed by atoms with Crippen LogP contribution in [0, 0.1) is 17.8 Å². The predicted octanol–water partition coefficient (Wildman–Crippen LogP) is 4.80. The Morgan fingerprint density at radius 1 is 1.07 bits per heavy atom. The lowest BCUT2D eigenvalue weighted by Gasteiger charge is -2.36. The van der Waals surface area contributed by atoms with E-state index in [1.54, 1.807) is 22.0 Å². The van der Waals surface area contributed by atoms with E-state index in [9.17, 15) is 23.2 Å². The smallest absolute Gasteiger partial charge is 0.328 e. The second-order valence-corrected chi connectivity index (χ2v) is 15.9. The number of urea groups is 1. The van der Waals surface area contributed by atoms with Crippen LogP contribution in [0.3, 0.4) is 0 Å². The van der Waals surface area contributed by atoms with Gasteiger partial charge in [0.2, 0.25) is 5.91 Å². The first kappa shape index (κ1) is 38.1. The first-order valence-corrected chi connectivity index (χ1v) is 20.2. The van der Waals surface area contributed by atoms with E-state index in [-0.39, 0.29) is 47.9 Å². The molecule has 9 rings (SSSR count). The number of imide groups is 1. The van der Waals surface area contributed by atoms with Crippen molar-refractivity contribution < 1.29 is 32.6 Å². The van der Waals surface area contributed by atoms with Crippen LogP contribution < -0.4 is 20.4 Å². The number of amides is 4. The number of carbonyl (C=O) groups excluding carboxylic acids is 3. The number of aromatic nitrogens is 5. The van der Waals surface area contributed by atoms with Crippen molar-refractivity contribution in [1.29, 1.82) is 0 Å². The van der Waals surface area contributed by atoms with Gasteiger partial charge in [-0.1, -0.05) is 17.9 Å². The van der Waals surface area contributed by atoms with Crippen LogP contribution >= 0.6 is 0 Å². The van der Waals surface area contributed by atoms with Crippen molar-refractivity contribution in [2.45, 2.75) is 82.1 Å². The molecule has 5 aliphatic rings. The molecule has 2 atom stereocenters. The van der Waals surface area contributed by atoms with Crippen LogP contribution in [0.15, 0.2) is 48.9 Å². The molecule has 1 saturated carbocycles. The molecule has 1 aromatic carbocycles. The number of fused-ring (bicyclic) bond motifs is 3. The standard InChI is InChI=1S/C41H46F2N10O5/c42-38(43)37-34(45-40(55)33-21-44-52-17-12-35(46-39(33)52)51-23-32-20-30(51)25-58-32)24-53(48-37)28-8-6-27(7-9-28)22-49-14-10-31(11-15-49)57-18-2-4-26-3-1-5-29(19-26)50-16-13-36(54)47-41(50)56/h1,3,5,12,17,19,21,24,27-28,30-32,38H,6-11,13-16,18,20,22-23,25H2,(H,45,55)(H,47,54,56)/t27?,28?,30-,32-/m1/s1. The molecule has 2 N–H and O–H groups in total. The molecule has 15 nitrogen and oxygen atoms in total. The van der Waals surface area contributed by atoms with E-state index in [2.05, 4.69) is 42.5 Å². The van der Waals surface area contributed by atoms with Gasteiger partial charge in [-0.3, -0.25) is 24.5 Å². The van der Waals surface area contributed by atoms with Gasteiger partial charge in [-0.05, 0) is 75.1 Å². The number of ether oxygens (including phenoxy) is 2. The van der Waals surface area contributed by atoms with Gasteiger partial charge in [0.25, 0.3) is 12.3 Å². The van der Waals surface area contributed by atoms with E-state index in [0.29, 0.717) is 37.0 Å². The molecule has 2 bridgehead atoms. The first-order chi connectivity index (χ1) is 28.2. The molecule has 4 aliphatic heterocycles. The maximum atomic E-state index is 14.2. The van der Waals surface area contributed by atoms with Crippen LogP contribution in [0.4, 0.5) is 30.8 Å². The molecule has 7 heterocycles. The number of carbonyl (C=O) groups is 3. The second kappa shape index (κ2) is 16.4. The highest BCUT2D eigenvalue weighted by Gasteiger charge is 2.40. The largest absolute Gasteiger partial charge is 0.374 e. The van der Waals surface area contributed by atoms with Gasteiger partial charge in [-0.15, -0.1) is 0 Å². The summed E-state index contributed by atoms with van der Waals surface area (Å²) in [6.07, 6.45) is 8.81. The van der Waals surface area contributed by atoms with Crippen molar-refractivity contribution in [3.05, 3.63) is 65.7 Å². The number of piperidine rings is 1. The minimum atomic E-state index is -2.85. The topological polar surface area (TPSA) is 151 Å². The number of hydrogen-bond acceptors (Lipinski definition) is 10. The number of alkyl halides is 2. The number of morpholine rings is 1. The zero-order chi connectivity index (χ0) is 39.8. The normalized spacial score (nSPS) is 24.1. The number of hydrogen-bond donors (Lipinski definition) is 2. The summed E-state index contributed by atoms with van der Waals surface area (Å²) in [6.45, 7) is 4.92. The van der Waals surface area contributed by atoms with Gasteiger partial charge in [0.05, 0.1) is 42.8 Å². The average molecular weight is 797 g/mol. The summed E-state index contributed by atoms with van der Waals surface area (Å²) in [5, 5.41) is 13.6. The zero-order valence-corrected chi connectivity index (χ0v) is 32.1. The SMILES string of the molecule is O=C1CCN(c2cccc(C#CCOC3CCN(CC4CCC(n5cc(NC(=O)c6cnn7ccc(N8C[C@H]9C[C@@H]8CO9)nc67)c(C(F)F)n5)CC4)CC3)c2)C(=O)N1. The van der Waals surface area contributed by atoms with Gasteiger partial charge < -0.3 is 24.6 Å². The molecule has 0 unspecified atom stereocenters. The Bertz CT molecular complexity index is 2240. The molecule has 4 amide bonds. The Morgan fingerprint density at radius 2 is 1.91 bits per heavy atom. The van der Waals surface area contributed by atoms with Gasteiger partial charge in [-0.2, -0.15) is 10.2 Å². The molecule has 5 fully saturated rings. The third-order valence-electron chi connectivity index (χ3n) is 12.1. The third kappa shape index (κ3) is 8.13.